The lowest BCUT2D eigenvalue weighted by molar-refractivity contribution is -0.241. The van der Waals surface area contributed by atoms with E-state index in [-0.39, 0.29) is 29.3 Å². The predicted octanol–water partition coefficient (Wildman–Crippen LogP) is 4.12. The first-order valence-electron chi connectivity index (χ1n) is 8.83. The quantitative estimate of drug-likeness (QED) is 0.738. The zero-order chi connectivity index (χ0) is 16.7. The second-order valence-electron chi connectivity index (χ2n) is 8.27. The lowest BCUT2D eigenvalue weighted by Gasteiger charge is -2.71. The van der Waals surface area contributed by atoms with Crippen molar-refractivity contribution in [3.05, 3.63) is 41.0 Å². The molecule has 0 saturated heterocycles. The van der Waals surface area contributed by atoms with Crippen molar-refractivity contribution in [1.29, 1.82) is 0 Å². The second kappa shape index (κ2) is 4.63. The molecule has 4 aliphatic carbocycles. The van der Waals surface area contributed by atoms with Gasteiger partial charge in [0, 0.05) is 11.5 Å². The highest BCUT2D eigenvalue weighted by Gasteiger charge is 2.74. The van der Waals surface area contributed by atoms with Crippen LogP contribution in [0.15, 0.2) is 29.8 Å². The van der Waals surface area contributed by atoms with Crippen LogP contribution >= 0.6 is 11.6 Å². The molecule has 4 heteroatoms. The molecule has 24 heavy (non-hydrogen) atoms. The summed E-state index contributed by atoms with van der Waals surface area (Å²) in [4.78, 5) is 14.6. The van der Waals surface area contributed by atoms with E-state index in [1.165, 1.54) is 22.3 Å². The number of halogens is 2. The number of carbonyl (C=O) groups excluding carboxylic acids is 1. The fourth-order valence-electron chi connectivity index (χ4n) is 5.92. The molecule has 0 aromatic heterocycles. The fourth-order valence-corrected chi connectivity index (χ4v) is 6.06. The average Bonchev–Trinajstić information content (AvgIpc) is 2.87. The Bertz CT molecular complexity index is 766. The monoisotopic (exact) mass is 345 g/mol. The topological polar surface area (TPSA) is 20.3 Å². The van der Waals surface area contributed by atoms with Crippen LogP contribution in [0.5, 0.6) is 0 Å². The maximum absolute atomic E-state index is 14.2. The van der Waals surface area contributed by atoms with Crippen molar-refractivity contribution in [3.8, 4) is 0 Å². The van der Waals surface area contributed by atoms with Gasteiger partial charge in [-0.15, -0.1) is 11.6 Å². The molecule has 3 fully saturated rings. The summed E-state index contributed by atoms with van der Waals surface area (Å²) < 4.78 is 14.2. The number of rotatable bonds is 2. The Morgan fingerprint density at radius 2 is 2.04 bits per heavy atom. The van der Waals surface area contributed by atoms with Gasteiger partial charge in [-0.3, -0.25) is 4.79 Å². The number of amides is 1. The smallest absolute Gasteiger partial charge is 0.238 e. The Hall–Kier alpha value is -1.35. The molecule has 0 unspecified atom stereocenters. The van der Waals surface area contributed by atoms with Crippen molar-refractivity contribution in [1.82, 2.24) is 4.90 Å². The van der Waals surface area contributed by atoms with E-state index in [0.717, 1.165) is 12.8 Å². The molecule has 1 aromatic rings. The molecule has 2 atom stereocenters. The van der Waals surface area contributed by atoms with E-state index < -0.39 is 5.67 Å². The molecule has 1 aliphatic heterocycles. The summed E-state index contributed by atoms with van der Waals surface area (Å²) in [5.74, 6) is 0.00192. The highest BCUT2D eigenvalue weighted by Crippen LogP contribution is 2.73. The van der Waals surface area contributed by atoms with Gasteiger partial charge in [-0.1, -0.05) is 24.3 Å². The van der Waals surface area contributed by atoms with Gasteiger partial charge in [0.05, 0.1) is 6.04 Å². The van der Waals surface area contributed by atoms with E-state index in [1.807, 2.05) is 4.90 Å². The van der Waals surface area contributed by atoms with E-state index in [4.69, 9.17) is 11.6 Å². The molecule has 126 valence electrons. The van der Waals surface area contributed by atoms with E-state index in [9.17, 15) is 9.18 Å². The summed E-state index contributed by atoms with van der Waals surface area (Å²) in [6.45, 7) is 2.11. The number of carbonyl (C=O) groups is 1. The van der Waals surface area contributed by atoms with Gasteiger partial charge >= 0.3 is 0 Å². The predicted molar refractivity (Wildman–Crippen MR) is 92.6 cm³/mol. The molecule has 3 saturated carbocycles. The van der Waals surface area contributed by atoms with Crippen molar-refractivity contribution >= 4 is 23.1 Å². The van der Waals surface area contributed by atoms with Crippen LogP contribution in [-0.4, -0.2) is 34.4 Å². The van der Waals surface area contributed by atoms with Crippen LogP contribution in [0.4, 0.5) is 4.39 Å². The first-order valence-corrected chi connectivity index (χ1v) is 9.36. The summed E-state index contributed by atoms with van der Waals surface area (Å²) in [7, 11) is 0. The highest BCUT2D eigenvalue weighted by molar-refractivity contribution is 6.27. The number of hydrogen-bond acceptors (Lipinski definition) is 1. The van der Waals surface area contributed by atoms with Crippen molar-refractivity contribution in [2.45, 2.75) is 56.8 Å². The van der Waals surface area contributed by atoms with Crippen molar-refractivity contribution in [3.63, 3.8) is 0 Å². The standard InChI is InChI=1S/C20H21ClFNO/c1-12-6-15-14-5-3-2-4-13(14)7-16(15)18(23(12)17(24)8-21)19-9-20(22,10-19)11-19/h2-5,12,18H,6-11H2,1H3/t12-,18+,19?,20?/m0/s1. The van der Waals surface area contributed by atoms with E-state index in [2.05, 4.69) is 31.2 Å². The van der Waals surface area contributed by atoms with Crippen LogP contribution in [0.25, 0.3) is 5.57 Å². The lowest BCUT2D eigenvalue weighted by Crippen LogP contribution is -2.74. The Morgan fingerprint density at radius 3 is 2.71 bits per heavy atom. The van der Waals surface area contributed by atoms with Gasteiger partial charge in [0.15, 0.2) is 0 Å². The number of benzene rings is 1. The minimum absolute atomic E-state index is 0.00527. The number of hydrogen-bond donors (Lipinski definition) is 0. The molecule has 2 nitrogen and oxygen atoms in total. The minimum Gasteiger partial charge on any atom is -0.331 e. The molecule has 6 rings (SSSR count). The van der Waals surface area contributed by atoms with Gasteiger partial charge in [-0.05, 0) is 61.3 Å². The molecule has 5 aliphatic rings. The maximum Gasteiger partial charge on any atom is 0.238 e. The Balaban J connectivity index is 1.62. The van der Waals surface area contributed by atoms with Crippen LogP contribution in [0.3, 0.4) is 0 Å². The van der Waals surface area contributed by atoms with Gasteiger partial charge in [0.2, 0.25) is 5.91 Å². The normalized spacial score (nSPS) is 39.0. The van der Waals surface area contributed by atoms with Crippen LogP contribution in [-0.2, 0) is 11.2 Å². The summed E-state index contributed by atoms with van der Waals surface area (Å²) in [6, 6.07) is 8.70. The van der Waals surface area contributed by atoms with E-state index in [0.29, 0.717) is 19.3 Å². The fraction of sp³-hybridized carbons (Fsp3) is 0.550. The van der Waals surface area contributed by atoms with Gasteiger partial charge in [0.25, 0.3) is 0 Å². The first kappa shape index (κ1) is 14.9. The summed E-state index contributed by atoms with van der Waals surface area (Å²) >= 11 is 5.92. The van der Waals surface area contributed by atoms with Crippen molar-refractivity contribution in [2.24, 2.45) is 5.41 Å². The number of nitrogens with zero attached hydrogens (tertiary/aromatic N) is 1. The number of fused-ring (bicyclic) bond motifs is 2. The molecule has 2 bridgehead atoms. The molecule has 1 heterocycles. The Morgan fingerprint density at radius 1 is 1.33 bits per heavy atom. The third kappa shape index (κ3) is 1.74. The molecular formula is C20H21ClFNO. The van der Waals surface area contributed by atoms with Gasteiger partial charge in [-0.2, -0.15) is 0 Å². The summed E-state index contributed by atoms with van der Waals surface area (Å²) in [5.41, 5.74) is 4.44. The summed E-state index contributed by atoms with van der Waals surface area (Å²) in [6.07, 6.45) is 3.60. The van der Waals surface area contributed by atoms with Crippen LogP contribution in [0.2, 0.25) is 0 Å². The zero-order valence-electron chi connectivity index (χ0n) is 13.8. The van der Waals surface area contributed by atoms with Crippen LogP contribution < -0.4 is 0 Å². The second-order valence-corrected chi connectivity index (χ2v) is 8.54. The third-order valence-corrected chi connectivity index (χ3v) is 6.91. The Labute approximate surface area is 146 Å². The van der Waals surface area contributed by atoms with Gasteiger partial charge < -0.3 is 4.90 Å². The van der Waals surface area contributed by atoms with Crippen LogP contribution in [0.1, 0.15) is 43.7 Å². The molecule has 0 radical (unpaired) electrons. The first-order chi connectivity index (χ1) is 11.5. The molecule has 0 N–H and O–H groups in total. The maximum atomic E-state index is 14.2. The number of alkyl halides is 2. The average molecular weight is 346 g/mol. The van der Waals surface area contributed by atoms with E-state index >= 15 is 0 Å². The molecule has 1 amide bonds. The molecule has 1 aromatic carbocycles. The van der Waals surface area contributed by atoms with Crippen LogP contribution in [0, 0.1) is 5.41 Å². The van der Waals surface area contributed by atoms with Crippen molar-refractivity contribution < 1.29 is 9.18 Å². The lowest BCUT2D eigenvalue weighted by atomic mass is 9.38. The third-order valence-electron chi connectivity index (χ3n) is 6.68. The largest absolute Gasteiger partial charge is 0.331 e. The van der Waals surface area contributed by atoms with Gasteiger partial charge in [-0.25, -0.2) is 4.39 Å². The molecular weight excluding hydrogens is 325 g/mol. The molecule has 0 spiro atoms. The Kier molecular flexibility index (Phi) is 2.88. The zero-order valence-corrected chi connectivity index (χ0v) is 14.6. The minimum atomic E-state index is -0.956. The van der Waals surface area contributed by atoms with Gasteiger partial charge in [0.1, 0.15) is 11.5 Å². The highest BCUT2D eigenvalue weighted by atomic mass is 35.5. The summed E-state index contributed by atoms with van der Waals surface area (Å²) in [5, 5.41) is 0. The van der Waals surface area contributed by atoms with Crippen molar-refractivity contribution in [2.75, 3.05) is 5.88 Å². The SMILES string of the molecule is C[C@H]1CC2=C(Cc3ccccc32)[C@H](C23CC(F)(C2)C3)N1C(=O)CCl. The van der Waals surface area contributed by atoms with E-state index in [1.54, 1.807) is 0 Å².